The molecule has 0 spiro atoms. The topological polar surface area (TPSA) is 109 Å². The summed E-state index contributed by atoms with van der Waals surface area (Å²) >= 11 is 0. The van der Waals surface area contributed by atoms with Crippen LogP contribution in [0.3, 0.4) is 0 Å². The summed E-state index contributed by atoms with van der Waals surface area (Å²) in [5.41, 5.74) is 1.33. The van der Waals surface area contributed by atoms with Gasteiger partial charge in [-0.3, -0.25) is 19.7 Å². The molecule has 1 unspecified atom stereocenters. The molecule has 1 aromatic rings. The van der Waals surface area contributed by atoms with E-state index in [9.17, 15) is 23.2 Å². The fraction of sp³-hybridized carbons (Fsp3) is 0.276. The lowest BCUT2D eigenvalue weighted by molar-refractivity contribution is -0.144. The van der Waals surface area contributed by atoms with Crippen LogP contribution in [0.1, 0.15) is 16.8 Å². The molecule has 1 fully saturated rings. The van der Waals surface area contributed by atoms with E-state index in [0.29, 0.717) is 16.9 Å². The van der Waals surface area contributed by atoms with Crippen molar-refractivity contribution >= 4 is 17.7 Å². The minimum Gasteiger partial charge on any atom is -0.497 e. The number of hydrogen-bond acceptors (Lipinski definition) is 6. The van der Waals surface area contributed by atoms with Crippen LogP contribution in [-0.4, -0.2) is 62.0 Å². The number of methoxy groups -OCH3 is 1. The molecule has 1 radical (unpaired) electrons. The molecule has 1 saturated heterocycles. The van der Waals surface area contributed by atoms with Crippen molar-refractivity contribution in [3.8, 4) is 11.8 Å². The Morgan fingerprint density at radius 2 is 1.85 bits per heavy atom. The first-order chi connectivity index (χ1) is 18.7. The van der Waals surface area contributed by atoms with Crippen LogP contribution < -0.4 is 10.1 Å². The second-order valence-electron chi connectivity index (χ2n) is 9.24. The molecule has 0 aromatic heterocycles. The molecule has 0 bridgehead atoms. The predicted octanol–water partition coefficient (Wildman–Crippen LogP) is 3.47. The molecule has 1 aliphatic heterocycles. The molecule has 201 valence electrons. The fourth-order valence-corrected chi connectivity index (χ4v) is 4.44. The number of alkyl halides is 2. The highest BCUT2D eigenvalue weighted by Gasteiger charge is 2.47. The molecule has 10 heteroatoms. The molecule has 3 amide bonds. The second-order valence-corrected chi connectivity index (χ2v) is 9.24. The smallest absolute Gasteiger partial charge is 0.315 e. The third-order valence-corrected chi connectivity index (χ3v) is 6.72. The van der Waals surface area contributed by atoms with Crippen LogP contribution in [-0.2, 0) is 14.3 Å². The van der Waals surface area contributed by atoms with Crippen LogP contribution in [0.15, 0.2) is 83.5 Å². The van der Waals surface area contributed by atoms with Crippen LogP contribution in [0.2, 0.25) is 0 Å². The second kappa shape index (κ2) is 12.0. The van der Waals surface area contributed by atoms with Crippen LogP contribution >= 0.6 is 0 Å². The van der Waals surface area contributed by atoms with Gasteiger partial charge in [0.2, 0.25) is 5.91 Å². The van der Waals surface area contributed by atoms with Gasteiger partial charge in [0.05, 0.1) is 31.3 Å². The first kappa shape index (κ1) is 27.7. The van der Waals surface area contributed by atoms with E-state index in [0.717, 1.165) is 11.1 Å². The highest BCUT2D eigenvalue weighted by Crippen LogP contribution is 2.34. The molecule has 0 saturated carbocycles. The summed E-state index contributed by atoms with van der Waals surface area (Å²) in [6, 6.07) is 8.54. The van der Waals surface area contributed by atoms with Crippen molar-refractivity contribution in [2.75, 3.05) is 26.8 Å². The van der Waals surface area contributed by atoms with E-state index in [2.05, 4.69) is 6.07 Å². The Morgan fingerprint density at radius 1 is 1.13 bits per heavy atom. The molecule has 4 rings (SSSR count). The third-order valence-electron chi connectivity index (χ3n) is 6.72. The Bertz CT molecular complexity index is 1320. The number of halogens is 2. The highest BCUT2D eigenvalue weighted by molar-refractivity contribution is 6.01. The number of rotatable bonds is 7. The maximum absolute atomic E-state index is 13.1. The highest BCUT2D eigenvalue weighted by atomic mass is 19.3. The van der Waals surface area contributed by atoms with Crippen LogP contribution in [0.5, 0.6) is 5.75 Å². The van der Waals surface area contributed by atoms with Gasteiger partial charge in [-0.15, -0.1) is 0 Å². The molecular formula is C29H26F2N3O5. The van der Waals surface area contributed by atoms with Gasteiger partial charge in [0.15, 0.2) is 0 Å². The molecule has 39 heavy (non-hydrogen) atoms. The van der Waals surface area contributed by atoms with Crippen molar-refractivity contribution < 1.29 is 32.6 Å². The number of hydrogen-bond donors (Lipinski definition) is 1. The monoisotopic (exact) mass is 534 g/mol. The van der Waals surface area contributed by atoms with Crippen molar-refractivity contribution in [3.05, 3.63) is 95.5 Å². The van der Waals surface area contributed by atoms with Gasteiger partial charge in [-0.05, 0) is 47.9 Å². The number of carbonyl (C=O) groups excluding carboxylic acids is 3. The summed E-state index contributed by atoms with van der Waals surface area (Å²) in [6.45, 7) is -0.131. The molecule has 1 heterocycles. The van der Waals surface area contributed by atoms with E-state index in [-0.39, 0.29) is 32.0 Å². The Hall–Kier alpha value is -4.36. The molecular weight excluding hydrogens is 508 g/mol. The van der Waals surface area contributed by atoms with E-state index >= 15 is 0 Å². The van der Waals surface area contributed by atoms with Gasteiger partial charge in [0, 0.05) is 30.6 Å². The Labute approximate surface area is 224 Å². The first-order valence-electron chi connectivity index (χ1n) is 12.2. The van der Waals surface area contributed by atoms with Gasteiger partial charge in [-0.25, -0.2) is 0 Å². The lowest BCUT2D eigenvalue weighted by Crippen LogP contribution is -2.50. The number of benzene rings is 1. The number of carbonyl (C=O) groups is 3. The first-order valence-corrected chi connectivity index (χ1v) is 12.2. The molecule has 1 aromatic carbocycles. The SMILES string of the molecule is COc1ccc(C(=O)N2CCC(COC3C=CC(=C4[CH]C=C(C#N)C=C4)C=C3)(C(=O)NC(=O)C(F)F)C2)cc1. The van der Waals surface area contributed by atoms with E-state index in [1.807, 2.05) is 24.6 Å². The van der Waals surface area contributed by atoms with Crippen molar-refractivity contribution in [2.45, 2.75) is 19.0 Å². The average molecular weight is 535 g/mol. The van der Waals surface area contributed by atoms with E-state index in [4.69, 9.17) is 14.7 Å². The maximum Gasteiger partial charge on any atom is 0.315 e. The van der Waals surface area contributed by atoms with E-state index < -0.39 is 29.8 Å². The zero-order valence-electron chi connectivity index (χ0n) is 21.1. The van der Waals surface area contributed by atoms with Crippen molar-refractivity contribution in [1.82, 2.24) is 10.2 Å². The number of nitrogens with one attached hydrogen (secondary N) is 1. The summed E-state index contributed by atoms with van der Waals surface area (Å²) in [6.07, 6.45) is 10.6. The number of likely N-dealkylation sites (tertiary alicyclic amines) is 1. The Morgan fingerprint density at radius 3 is 2.44 bits per heavy atom. The molecule has 2 aliphatic carbocycles. The van der Waals surface area contributed by atoms with E-state index in [1.165, 1.54) is 12.0 Å². The summed E-state index contributed by atoms with van der Waals surface area (Å²) < 4.78 is 36.8. The Balaban J connectivity index is 1.46. The summed E-state index contributed by atoms with van der Waals surface area (Å²) in [4.78, 5) is 39.2. The number of nitriles is 1. The Kier molecular flexibility index (Phi) is 8.52. The number of nitrogens with zero attached hydrogens (tertiary/aromatic N) is 2. The molecule has 1 atom stereocenters. The summed E-state index contributed by atoms with van der Waals surface area (Å²) in [7, 11) is 1.51. The average Bonchev–Trinajstić information content (AvgIpc) is 3.42. The van der Waals surface area contributed by atoms with Gasteiger partial charge in [-0.2, -0.15) is 14.0 Å². The van der Waals surface area contributed by atoms with Gasteiger partial charge >= 0.3 is 6.43 Å². The van der Waals surface area contributed by atoms with Crippen molar-refractivity contribution in [3.63, 3.8) is 0 Å². The standard InChI is InChI=1S/C29H26F2N3O5/c1-38-23-10-8-22(9-11-23)27(36)34-15-14-29(17-34,28(37)33-26(35)25(30)31)18-39-24-12-6-21(7-13-24)20-4-2-19(16-32)3-5-20/h2-13,24-25H,14-15,17-18H2,1H3,(H,33,35,37). The lowest BCUT2D eigenvalue weighted by Gasteiger charge is -2.29. The number of ether oxygens (including phenoxy) is 2. The normalized spacial score (nSPS) is 22.1. The summed E-state index contributed by atoms with van der Waals surface area (Å²) in [5.74, 6) is -2.37. The van der Waals surface area contributed by atoms with Crippen LogP contribution in [0.4, 0.5) is 8.78 Å². The number of imide groups is 1. The minimum absolute atomic E-state index is 0.108. The largest absolute Gasteiger partial charge is 0.497 e. The molecule has 8 nitrogen and oxygen atoms in total. The van der Waals surface area contributed by atoms with Crippen molar-refractivity contribution in [1.29, 1.82) is 5.26 Å². The van der Waals surface area contributed by atoms with Gasteiger partial charge in [0.1, 0.15) is 5.75 Å². The number of allylic oxidation sites excluding steroid dienone is 8. The van der Waals surface area contributed by atoms with E-state index in [1.54, 1.807) is 53.9 Å². The molecule has 3 aliphatic rings. The number of amides is 3. The molecule has 1 N–H and O–H groups in total. The lowest BCUT2D eigenvalue weighted by atomic mass is 9.86. The third kappa shape index (κ3) is 6.38. The minimum atomic E-state index is -3.36. The zero-order valence-corrected chi connectivity index (χ0v) is 21.1. The maximum atomic E-state index is 13.1. The van der Waals surface area contributed by atoms with Crippen LogP contribution in [0.25, 0.3) is 0 Å². The van der Waals surface area contributed by atoms with Crippen LogP contribution in [0, 0.1) is 23.2 Å². The fourth-order valence-electron chi connectivity index (χ4n) is 4.44. The van der Waals surface area contributed by atoms with Gasteiger partial charge in [-0.1, -0.05) is 36.5 Å². The van der Waals surface area contributed by atoms with Crippen molar-refractivity contribution in [2.24, 2.45) is 5.41 Å². The summed E-state index contributed by atoms with van der Waals surface area (Å²) in [5, 5.41) is 10.7. The quantitative estimate of drug-likeness (QED) is 0.574. The van der Waals surface area contributed by atoms with Gasteiger partial charge in [0.25, 0.3) is 11.8 Å². The van der Waals surface area contributed by atoms with Gasteiger partial charge < -0.3 is 14.4 Å². The zero-order chi connectivity index (χ0) is 28.0. The predicted molar refractivity (Wildman–Crippen MR) is 137 cm³/mol.